The summed E-state index contributed by atoms with van der Waals surface area (Å²) in [5, 5.41) is 2.43. The molecule has 2 aromatic carbocycles. The van der Waals surface area contributed by atoms with E-state index in [0.717, 1.165) is 44.2 Å². The molecule has 0 unspecified atom stereocenters. The molecule has 2 amide bonds. The highest BCUT2D eigenvalue weighted by molar-refractivity contribution is 6.36. The second-order valence-corrected chi connectivity index (χ2v) is 15.2. The zero-order valence-electron chi connectivity index (χ0n) is 28.9. The van der Waals surface area contributed by atoms with Gasteiger partial charge in [-0.2, -0.15) is 9.97 Å². The number of halogens is 2. The highest BCUT2D eigenvalue weighted by Gasteiger charge is 2.45. The molecular weight excluding hydrogens is 661 g/mol. The lowest BCUT2D eigenvalue weighted by Crippen LogP contribution is -2.43. The number of anilines is 1. The molecule has 50 heavy (non-hydrogen) atoms. The summed E-state index contributed by atoms with van der Waals surface area (Å²) < 4.78 is 29.0. The van der Waals surface area contributed by atoms with Crippen molar-refractivity contribution < 1.29 is 23.5 Å². The minimum absolute atomic E-state index is 0.0197. The molecule has 3 aliphatic rings. The van der Waals surface area contributed by atoms with Gasteiger partial charge in [0.25, 0.3) is 0 Å². The molecule has 5 heterocycles. The average molecular weight is 704 g/mol. The molecule has 2 atom stereocenters. The van der Waals surface area contributed by atoms with Crippen LogP contribution in [0.15, 0.2) is 42.6 Å². The zero-order chi connectivity index (χ0) is 35.4. The lowest BCUT2D eigenvalue weighted by Gasteiger charge is -2.31. The Bertz CT molecular complexity index is 1950. The van der Waals surface area contributed by atoms with Crippen molar-refractivity contribution in [1.82, 2.24) is 24.8 Å². The van der Waals surface area contributed by atoms with Crippen molar-refractivity contribution in [3.8, 4) is 17.3 Å². The first kappa shape index (κ1) is 34.2. The number of likely N-dealkylation sites (tertiary alicyclic amines) is 1. The summed E-state index contributed by atoms with van der Waals surface area (Å²) in [7, 11) is 1.83. The van der Waals surface area contributed by atoms with Gasteiger partial charge in [-0.15, -0.1) is 0 Å². The van der Waals surface area contributed by atoms with E-state index in [9.17, 15) is 9.59 Å². The first-order valence-electron chi connectivity index (χ1n) is 17.3. The van der Waals surface area contributed by atoms with Gasteiger partial charge in [-0.3, -0.25) is 14.7 Å². The van der Waals surface area contributed by atoms with E-state index in [2.05, 4.69) is 14.9 Å². The van der Waals surface area contributed by atoms with Gasteiger partial charge < -0.3 is 25.0 Å². The fourth-order valence-electron chi connectivity index (χ4n) is 8.01. The maximum atomic E-state index is 16.9. The molecule has 11 nitrogen and oxygen atoms in total. The molecule has 0 aliphatic carbocycles. The normalized spacial score (nSPS) is 20.4. The molecule has 2 aromatic heterocycles. The summed E-state index contributed by atoms with van der Waals surface area (Å²) >= 11 is 6.63. The highest BCUT2D eigenvalue weighted by Crippen LogP contribution is 2.41. The topological polar surface area (TPSA) is 127 Å². The minimum atomic E-state index is -0.726. The number of hydrogen-bond acceptors (Lipinski definition) is 9. The van der Waals surface area contributed by atoms with Crippen LogP contribution < -0.4 is 15.4 Å². The van der Waals surface area contributed by atoms with E-state index in [1.54, 1.807) is 44.0 Å². The number of nitrogens with two attached hydrogens (primary N) is 1. The molecule has 0 radical (unpaired) electrons. The van der Waals surface area contributed by atoms with Crippen LogP contribution in [0.25, 0.3) is 32.9 Å². The first-order chi connectivity index (χ1) is 23.8. The molecule has 13 heteroatoms. The van der Waals surface area contributed by atoms with Crippen LogP contribution in [0.3, 0.4) is 0 Å². The van der Waals surface area contributed by atoms with E-state index in [1.807, 2.05) is 36.2 Å². The van der Waals surface area contributed by atoms with E-state index >= 15 is 4.39 Å². The minimum Gasteiger partial charge on any atom is -0.461 e. The van der Waals surface area contributed by atoms with Crippen molar-refractivity contribution in [2.75, 3.05) is 38.2 Å². The van der Waals surface area contributed by atoms with Crippen LogP contribution in [0.1, 0.15) is 59.3 Å². The SMILES string of the molecule is CN(c1nc(OCC23CCCN2CCC3)nc2c(F)c(-c3cccc4cccc(Cl)c34)ncc12)[C@@H]1C[C@@H](CC(N)=O)N(C(=O)OC(C)(C)C)C1. The quantitative estimate of drug-likeness (QED) is 0.224. The number of hydrogen-bond donors (Lipinski definition) is 1. The van der Waals surface area contributed by atoms with Crippen LogP contribution in [-0.4, -0.2) is 93.3 Å². The van der Waals surface area contributed by atoms with Crippen molar-refractivity contribution in [2.45, 2.75) is 82.5 Å². The van der Waals surface area contributed by atoms with Crippen molar-refractivity contribution in [2.24, 2.45) is 5.73 Å². The number of nitrogens with zero attached hydrogens (tertiary/aromatic N) is 6. The summed E-state index contributed by atoms with van der Waals surface area (Å²) in [5.74, 6) is -0.735. The van der Waals surface area contributed by atoms with Gasteiger partial charge in [-0.1, -0.05) is 41.9 Å². The molecule has 0 spiro atoms. The molecular formula is C37H43ClFN7O4. The predicted molar refractivity (Wildman–Crippen MR) is 191 cm³/mol. The molecule has 4 aromatic rings. The number of ether oxygens (including phenoxy) is 2. The molecule has 264 valence electrons. The smallest absolute Gasteiger partial charge is 0.410 e. The monoisotopic (exact) mass is 703 g/mol. The Morgan fingerprint density at radius 1 is 1.12 bits per heavy atom. The second kappa shape index (κ2) is 13.1. The number of rotatable bonds is 8. The Labute approximate surface area is 295 Å². The van der Waals surface area contributed by atoms with Crippen LogP contribution in [0.2, 0.25) is 5.02 Å². The predicted octanol–water partition coefficient (Wildman–Crippen LogP) is 6.33. The zero-order valence-corrected chi connectivity index (χ0v) is 29.7. The van der Waals surface area contributed by atoms with E-state index in [-0.39, 0.29) is 41.8 Å². The maximum absolute atomic E-state index is 16.9. The van der Waals surface area contributed by atoms with Crippen LogP contribution >= 0.6 is 11.6 Å². The molecule has 7 rings (SSSR count). The summed E-state index contributed by atoms with van der Waals surface area (Å²) in [6, 6.07) is 10.4. The highest BCUT2D eigenvalue weighted by atomic mass is 35.5. The average Bonchev–Trinajstić information content (AvgIpc) is 3.77. The molecule has 2 N–H and O–H groups in total. The third kappa shape index (κ3) is 6.39. The lowest BCUT2D eigenvalue weighted by atomic mass is 9.95. The standard InChI is InChI=1S/C37H43ClFN7O4/c1-36(2,3)50-35(48)46-20-24(17-23(46)18-28(40)47)44(4)33-26-19-41-31(25-11-5-9-22-10-6-12-27(38)29(22)25)30(39)32(26)42-34(43-33)49-21-37-13-7-15-45(37)16-8-14-37/h5-6,9-12,19,23-24H,7-8,13-18,20-21H2,1-4H3,(H2,40,47)/t23-,24+/m0/s1. The van der Waals surface area contributed by atoms with Gasteiger partial charge in [-0.05, 0) is 77.4 Å². The van der Waals surface area contributed by atoms with Crippen molar-refractivity contribution in [3.63, 3.8) is 0 Å². The summed E-state index contributed by atoms with van der Waals surface area (Å²) in [6.07, 6.45) is 5.72. The molecule has 0 bridgehead atoms. The third-order valence-corrected chi connectivity index (χ3v) is 10.7. The van der Waals surface area contributed by atoms with E-state index in [0.29, 0.717) is 40.2 Å². The summed E-state index contributed by atoms with van der Waals surface area (Å²) in [6.45, 7) is 8.09. The van der Waals surface area contributed by atoms with Crippen molar-refractivity contribution in [1.29, 1.82) is 0 Å². The summed E-state index contributed by atoms with van der Waals surface area (Å²) in [4.78, 5) is 45.4. The van der Waals surface area contributed by atoms with Crippen LogP contribution in [-0.2, 0) is 9.53 Å². The van der Waals surface area contributed by atoms with Crippen LogP contribution in [0.4, 0.5) is 15.0 Å². The van der Waals surface area contributed by atoms with Crippen LogP contribution in [0, 0.1) is 5.82 Å². The van der Waals surface area contributed by atoms with Gasteiger partial charge in [0.2, 0.25) is 5.91 Å². The van der Waals surface area contributed by atoms with Crippen molar-refractivity contribution in [3.05, 3.63) is 53.4 Å². The van der Waals surface area contributed by atoms with E-state index in [1.165, 1.54) is 0 Å². The van der Waals surface area contributed by atoms with Gasteiger partial charge in [0.05, 0.1) is 10.9 Å². The molecule has 3 saturated heterocycles. The van der Waals surface area contributed by atoms with Gasteiger partial charge in [-0.25, -0.2) is 9.18 Å². The lowest BCUT2D eigenvalue weighted by molar-refractivity contribution is -0.118. The summed E-state index contributed by atoms with van der Waals surface area (Å²) in [5.41, 5.74) is 5.53. The van der Waals surface area contributed by atoms with Gasteiger partial charge >= 0.3 is 12.1 Å². The number of benzene rings is 2. The Morgan fingerprint density at radius 3 is 2.54 bits per heavy atom. The third-order valence-electron chi connectivity index (χ3n) is 10.4. The van der Waals surface area contributed by atoms with E-state index < -0.39 is 29.5 Å². The Hall–Kier alpha value is -4.29. The van der Waals surface area contributed by atoms with E-state index in [4.69, 9.17) is 31.8 Å². The number of fused-ring (bicyclic) bond motifs is 3. The first-order valence-corrected chi connectivity index (χ1v) is 17.6. The second-order valence-electron chi connectivity index (χ2n) is 14.8. The fourth-order valence-corrected chi connectivity index (χ4v) is 8.29. The number of pyridine rings is 1. The number of amides is 2. The van der Waals surface area contributed by atoms with Crippen LogP contribution in [0.5, 0.6) is 6.01 Å². The molecule has 0 saturated carbocycles. The Morgan fingerprint density at radius 2 is 1.84 bits per heavy atom. The largest absolute Gasteiger partial charge is 0.461 e. The maximum Gasteiger partial charge on any atom is 0.410 e. The Balaban J connectivity index is 1.30. The number of carbonyl (C=O) groups excluding carboxylic acids is 2. The van der Waals surface area contributed by atoms with Crippen molar-refractivity contribution >= 4 is 51.1 Å². The number of likely N-dealkylation sites (N-methyl/N-ethyl adjacent to an activating group) is 1. The fraction of sp³-hybridized carbons (Fsp3) is 0.486. The number of carbonyl (C=O) groups is 2. The number of aromatic nitrogens is 3. The van der Waals surface area contributed by atoms with Gasteiger partial charge in [0, 0.05) is 54.3 Å². The number of primary amides is 1. The van der Waals surface area contributed by atoms with Gasteiger partial charge in [0.1, 0.15) is 29.2 Å². The molecule has 3 aliphatic heterocycles. The Kier molecular flexibility index (Phi) is 8.96. The van der Waals surface area contributed by atoms with Gasteiger partial charge in [0.15, 0.2) is 5.82 Å². The molecule has 3 fully saturated rings.